The van der Waals surface area contributed by atoms with Crippen LogP contribution in [-0.2, 0) is 17.9 Å². The molecule has 1 N–H and O–H groups in total. The predicted octanol–water partition coefficient (Wildman–Crippen LogP) is 2.46. The highest BCUT2D eigenvalue weighted by Gasteiger charge is 2.18. The molecule has 1 amide bonds. The molecule has 166 valence electrons. The molecule has 3 aromatic rings. The van der Waals surface area contributed by atoms with Crippen molar-refractivity contribution in [2.24, 2.45) is 0 Å². The van der Waals surface area contributed by atoms with Crippen molar-refractivity contribution in [1.29, 1.82) is 0 Å². The van der Waals surface area contributed by atoms with Crippen molar-refractivity contribution in [2.75, 3.05) is 26.2 Å². The van der Waals surface area contributed by atoms with Crippen molar-refractivity contribution in [3.05, 3.63) is 63.6 Å². The molecule has 8 heteroatoms. The maximum absolute atomic E-state index is 14.1. The Morgan fingerprint density at radius 1 is 1.16 bits per heavy atom. The highest BCUT2D eigenvalue weighted by molar-refractivity contribution is 5.87. The number of halogens is 1. The number of carbonyl (C=O) groups is 1. The van der Waals surface area contributed by atoms with E-state index in [0.717, 1.165) is 36.4 Å². The molecule has 7 nitrogen and oxygen atoms in total. The second kappa shape index (κ2) is 9.87. The molecule has 0 saturated heterocycles. The average Bonchev–Trinajstić information content (AvgIpc) is 3.00. The minimum atomic E-state index is -0.315. The van der Waals surface area contributed by atoms with E-state index in [0.29, 0.717) is 24.0 Å². The summed E-state index contributed by atoms with van der Waals surface area (Å²) < 4.78 is 17.2. The number of nitrogens with one attached hydrogen (secondary N) is 1. The number of benzene rings is 1. The van der Waals surface area contributed by atoms with E-state index in [4.69, 9.17) is 0 Å². The second-order valence-electron chi connectivity index (χ2n) is 7.62. The first-order chi connectivity index (χ1) is 14.9. The summed E-state index contributed by atoms with van der Waals surface area (Å²) in [5.74, 6) is -0.530. The Labute approximate surface area is 181 Å². The van der Waals surface area contributed by atoms with Crippen LogP contribution in [0.4, 0.5) is 4.39 Å². The summed E-state index contributed by atoms with van der Waals surface area (Å²) in [6, 6.07) is 6.61. The van der Waals surface area contributed by atoms with Gasteiger partial charge in [0.1, 0.15) is 12.4 Å². The zero-order valence-corrected chi connectivity index (χ0v) is 18.6. The number of nitrogens with zero attached hydrogens (tertiary/aromatic N) is 4. The summed E-state index contributed by atoms with van der Waals surface area (Å²) >= 11 is 0. The van der Waals surface area contributed by atoms with Crippen LogP contribution in [0.25, 0.3) is 10.8 Å². The standard InChI is InChI=1S/C23H30FN5O2/c1-5-27(6-2)12-11-25-21(30)15-29-23(31)22-17(4)28(16(3)19(22)13-26-29)14-18-9-7-8-10-20(18)24/h7-10,13H,5-6,11-12,14-15H2,1-4H3,(H,25,30). The Morgan fingerprint density at radius 2 is 1.87 bits per heavy atom. The van der Waals surface area contributed by atoms with E-state index in [1.54, 1.807) is 24.4 Å². The van der Waals surface area contributed by atoms with Gasteiger partial charge in [-0.05, 0) is 33.0 Å². The minimum absolute atomic E-state index is 0.135. The van der Waals surface area contributed by atoms with Crippen LogP contribution in [0.2, 0.25) is 0 Å². The van der Waals surface area contributed by atoms with Crippen LogP contribution in [0.3, 0.4) is 0 Å². The molecule has 2 heterocycles. The number of likely N-dealkylation sites (N-methyl/N-ethyl adjacent to an activating group) is 1. The van der Waals surface area contributed by atoms with E-state index >= 15 is 0 Å². The maximum Gasteiger partial charge on any atom is 0.276 e. The first kappa shape index (κ1) is 22.7. The average molecular weight is 428 g/mol. The molecule has 1 aromatic carbocycles. The van der Waals surface area contributed by atoms with Gasteiger partial charge >= 0.3 is 0 Å². The summed E-state index contributed by atoms with van der Waals surface area (Å²) in [5.41, 5.74) is 1.81. The third-order valence-corrected chi connectivity index (χ3v) is 5.83. The lowest BCUT2D eigenvalue weighted by Crippen LogP contribution is -2.38. The van der Waals surface area contributed by atoms with Crippen LogP contribution < -0.4 is 10.9 Å². The number of rotatable bonds is 9. The van der Waals surface area contributed by atoms with Gasteiger partial charge in [-0.25, -0.2) is 9.07 Å². The monoisotopic (exact) mass is 427 g/mol. The SMILES string of the molecule is CCN(CC)CCNC(=O)Cn1ncc2c(C)n(Cc3ccccc3F)c(C)c2c1=O. The maximum atomic E-state index is 14.1. The van der Waals surface area contributed by atoms with Crippen LogP contribution >= 0.6 is 0 Å². The van der Waals surface area contributed by atoms with Gasteiger partial charge in [0.2, 0.25) is 5.91 Å². The Bertz CT molecular complexity index is 1130. The lowest BCUT2D eigenvalue weighted by atomic mass is 10.2. The van der Waals surface area contributed by atoms with Gasteiger partial charge in [0.15, 0.2) is 0 Å². The van der Waals surface area contributed by atoms with Crippen LogP contribution in [-0.4, -0.2) is 51.3 Å². The fraction of sp³-hybridized carbons (Fsp3) is 0.435. The van der Waals surface area contributed by atoms with Crippen molar-refractivity contribution in [3.63, 3.8) is 0 Å². The molecule has 0 atom stereocenters. The van der Waals surface area contributed by atoms with Crippen LogP contribution in [0, 0.1) is 19.7 Å². The summed E-state index contributed by atoms with van der Waals surface area (Å²) in [7, 11) is 0. The molecule has 0 aliphatic heterocycles. The van der Waals surface area contributed by atoms with Crippen LogP contribution in [0.15, 0.2) is 35.3 Å². The molecule has 0 unspecified atom stereocenters. The van der Waals surface area contributed by atoms with E-state index in [2.05, 4.69) is 29.2 Å². The number of hydrogen-bond acceptors (Lipinski definition) is 4. The van der Waals surface area contributed by atoms with Crippen molar-refractivity contribution in [2.45, 2.75) is 40.8 Å². The first-order valence-electron chi connectivity index (χ1n) is 10.6. The smallest absolute Gasteiger partial charge is 0.276 e. The fourth-order valence-corrected chi connectivity index (χ4v) is 3.88. The van der Waals surface area contributed by atoms with Gasteiger partial charge < -0.3 is 14.8 Å². The first-order valence-corrected chi connectivity index (χ1v) is 10.6. The fourth-order valence-electron chi connectivity index (χ4n) is 3.88. The van der Waals surface area contributed by atoms with E-state index < -0.39 is 0 Å². The Hall–Kier alpha value is -3.00. The van der Waals surface area contributed by atoms with Gasteiger partial charge in [0.05, 0.1) is 18.1 Å². The normalized spacial score (nSPS) is 11.4. The molecule has 0 spiro atoms. The second-order valence-corrected chi connectivity index (χ2v) is 7.62. The van der Waals surface area contributed by atoms with Gasteiger partial charge in [0, 0.05) is 35.4 Å². The molecule has 0 aliphatic rings. The molecule has 2 aromatic heterocycles. The van der Waals surface area contributed by atoms with Gasteiger partial charge in [-0.15, -0.1) is 0 Å². The highest BCUT2D eigenvalue weighted by atomic mass is 19.1. The van der Waals surface area contributed by atoms with Gasteiger partial charge in [0.25, 0.3) is 5.56 Å². The van der Waals surface area contributed by atoms with E-state index in [9.17, 15) is 14.0 Å². The number of amides is 1. The van der Waals surface area contributed by atoms with Crippen molar-refractivity contribution < 1.29 is 9.18 Å². The Kier molecular flexibility index (Phi) is 7.22. The largest absolute Gasteiger partial charge is 0.353 e. The van der Waals surface area contributed by atoms with Crippen molar-refractivity contribution >= 4 is 16.7 Å². The molecule has 0 saturated carbocycles. The zero-order valence-electron chi connectivity index (χ0n) is 18.6. The van der Waals surface area contributed by atoms with Crippen LogP contribution in [0.1, 0.15) is 30.8 Å². The Morgan fingerprint density at radius 3 is 2.55 bits per heavy atom. The number of fused-ring (bicyclic) bond motifs is 1. The molecule has 0 aliphatic carbocycles. The molecule has 0 radical (unpaired) electrons. The minimum Gasteiger partial charge on any atom is -0.353 e. The number of aryl methyl sites for hydroxylation is 2. The summed E-state index contributed by atoms with van der Waals surface area (Å²) in [5, 5.41) is 8.29. The van der Waals surface area contributed by atoms with E-state index in [1.165, 1.54) is 10.7 Å². The number of aromatic nitrogens is 3. The third-order valence-electron chi connectivity index (χ3n) is 5.83. The third kappa shape index (κ3) is 4.85. The van der Waals surface area contributed by atoms with Crippen molar-refractivity contribution in [3.8, 4) is 0 Å². The molecule has 0 bridgehead atoms. The molecule has 31 heavy (non-hydrogen) atoms. The predicted molar refractivity (Wildman–Crippen MR) is 120 cm³/mol. The highest BCUT2D eigenvalue weighted by Crippen LogP contribution is 2.23. The summed E-state index contributed by atoms with van der Waals surface area (Å²) in [4.78, 5) is 27.6. The lowest BCUT2D eigenvalue weighted by molar-refractivity contribution is -0.121. The molecule has 3 rings (SSSR count). The number of hydrogen-bond donors (Lipinski definition) is 1. The molecular weight excluding hydrogens is 397 g/mol. The zero-order chi connectivity index (χ0) is 22.5. The van der Waals surface area contributed by atoms with E-state index in [-0.39, 0.29) is 23.8 Å². The van der Waals surface area contributed by atoms with Gasteiger partial charge in [-0.2, -0.15) is 5.10 Å². The molecule has 0 fully saturated rings. The topological polar surface area (TPSA) is 72.2 Å². The van der Waals surface area contributed by atoms with Crippen LogP contribution in [0.5, 0.6) is 0 Å². The van der Waals surface area contributed by atoms with Gasteiger partial charge in [-0.3, -0.25) is 9.59 Å². The molecular formula is C23H30FN5O2. The lowest BCUT2D eigenvalue weighted by Gasteiger charge is -2.17. The van der Waals surface area contributed by atoms with E-state index in [1.807, 2.05) is 18.4 Å². The summed E-state index contributed by atoms with van der Waals surface area (Å²) in [6.07, 6.45) is 1.61. The Balaban J connectivity index is 1.82. The number of carbonyl (C=O) groups excluding carboxylic acids is 1. The quantitative estimate of drug-likeness (QED) is 0.569. The van der Waals surface area contributed by atoms with Crippen molar-refractivity contribution in [1.82, 2.24) is 24.6 Å². The van der Waals surface area contributed by atoms with Gasteiger partial charge in [-0.1, -0.05) is 32.0 Å². The summed E-state index contributed by atoms with van der Waals surface area (Å²) in [6.45, 7) is 11.2.